The van der Waals surface area contributed by atoms with Crippen molar-refractivity contribution in [2.24, 2.45) is 0 Å². The molecule has 3 rings (SSSR count). The first-order valence-electron chi connectivity index (χ1n) is 7.75. The van der Waals surface area contributed by atoms with Gasteiger partial charge in [-0.2, -0.15) is 0 Å². The second kappa shape index (κ2) is 7.94. The number of hydrogen-bond acceptors (Lipinski definition) is 7. The summed E-state index contributed by atoms with van der Waals surface area (Å²) < 4.78 is 7.15. The Labute approximate surface area is 153 Å². The average Bonchev–Trinajstić information content (AvgIpc) is 3.10. The number of aromatic nitrogens is 4. The van der Waals surface area contributed by atoms with Gasteiger partial charge in [0.25, 0.3) is 0 Å². The number of rotatable bonds is 7. The first-order chi connectivity index (χ1) is 12.1. The van der Waals surface area contributed by atoms with E-state index in [9.17, 15) is 4.79 Å². The van der Waals surface area contributed by atoms with Gasteiger partial charge in [-0.15, -0.1) is 11.3 Å². The fraction of sp³-hybridized carbons (Fsp3) is 0.375. The highest BCUT2D eigenvalue weighted by molar-refractivity contribution is 7.99. The summed E-state index contributed by atoms with van der Waals surface area (Å²) in [5.41, 5.74) is 2.56. The standard InChI is InChI=1S/C16H19N5O2S2/c1-10-11(2)25-15(18-10)20-13(22)9-24-16-19-12-5-4-6-17-14(12)21(16)7-8-23-3/h4-6H,7-9H2,1-3H3,(H,18,20,22). The number of anilines is 1. The zero-order valence-corrected chi connectivity index (χ0v) is 15.9. The van der Waals surface area contributed by atoms with Crippen LogP contribution in [0.4, 0.5) is 5.13 Å². The zero-order chi connectivity index (χ0) is 17.8. The number of thiazole rings is 1. The van der Waals surface area contributed by atoms with Gasteiger partial charge in [-0.3, -0.25) is 4.79 Å². The molecule has 132 valence electrons. The second-order valence-corrected chi connectivity index (χ2v) is 7.53. The van der Waals surface area contributed by atoms with Crippen LogP contribution in [-0.4, -0.2) is 44.9 Å². The lowest BCUT2D eigenvalue weighted by Gasteiger charge is -2.07. The first kappa shape index (κ1) is 17.8. The summed E-state index contributed by atoms with van der Waals surface area (Å²) >= 11 is 2.87. The molecule has 0 aliphatic carbocycles. The molecule has 0 atom stereocenters. The van der Waals surface area contributed by atoms with Gasteiger partial charge in [0.05, 0.1) is 24.6 Å². The smallest absolute Gasteiger partial charge is 0.236 e. The van der Waals surface area contributed by atoms with Crippen LogP contribution in [0.2, 0.25) is 0 Å². The number of aryl methyl sites for hydroxylation is 2. The molecule has 0 saturated heterocycles. The SMILES string of the molecule is COCCn1c(SCC(=O)Nc2nc(C)c(C)s2)nc2cccnc21. The minimum atomic E-state index is -0.0999. The molecule has 9 heteroatoms. The molecule has 0 fully saturated rings. The summed E-state index contributed by atoms with van der Waals surface area (Å²) in [7, 11) is 1.66. The Bertz CT molecular complexity index is 870. The number of carbonyl (C=O) groups excluding carboxylic acids is 1. The molecule has 3 aromatic heterocycles. The Kier molecular flexibility index (Phi) is 5.67. The quantitative estimate of drug-likeness (QED) is 0.638. The molecular weight excluding hydrogens is 358 g/mol. The van der Waals surface area contributed by atoms with Gasteiger partial charge in [0.15, 0.2) is 15.9 Å². The van der Waals surface area contributed by atoms with Crippen LogP contribution in [0, 0.1) is 13.8 Å². The topological polar surface area (TPSA) is 81.9 Å². The van der Waals surface area contributed by atoms with E-state index < -0.39 is 0 Å². The van der Waals surface area contributed by atoms with E-state index >= 15 is 0 Å². The van der Waals surface area contributed by atoms with Crippen LogP contribution < -0.4 is 5.32 Å². The molecule has 0 bridgehead atoms. The fourth-order valence-corrected chi connectivity index (χ4v) is 3.90. The lowest BCUT2D eigenvalue weighted by atomic mass is 10.4. The maximum atomic E-state index is 12.2. The molecule has 7 nitrogen and oxygen atoms in total. The lowest BCUT2D eigenvalue weighted by Crippen LogP contribution is -2.15. The van der Waals surface area contributed by atoms with Gasteiger partial charge in [0, 0.05) is 18.2 Å². The predicted octanol–water partition coefficient (Wildman–Crippen LogP) is 2.88. The van der Waals surface area contributed by atoms with Crippen LogP contribution >= 0.6 is 23.1 Å². The third-order valence-corrected chi connectivity index (χ3v) is 5.56. The number of ether oxygens (including phenoxy) is 1. The molecular formula is C16H19N5O2S2. The minimum absolute atomic E-state index is 0.0999. The van der Waals surface area contributed by atoms with Crippen molar-refractivity contribution in [3.8, 4) is 0 Å². The number of thioether (sulfide) groups is 1. The van der Waals surface area contributed by atoms with Crippen LogP contribution in [0.5, 0.6) is 0 Å². The van der Waals surface area contributed by atoms with Gasteiger partial charge in [0.1, 0.15) is 5.52 Å². The third kappa shape index (κ3) is 4.17. The number of nitrogens with zero attached hydrogens (tertiary/aromatic N) is 4. The van der Waals surface area contributed by atoms with E-state index in [1.807, 2.05) is 30.5 Å². The Morgan fingerprint density at radius 2 is 2.24 bits per heavy atom. The van der Waals surface area contributed by atoms with E-state index in [4.69, 9.17) is 4.74 Å². The summed E-state index contributed by atoms with van der Waals surface area (Å²) in [6, 6.07) is 3.77. The number of carbonyl (C=O) groups is 1. The number of amides is 1. The Balaban J connectivity index is 1.70. The van der Waals surface area contributed by atoms with Crippen molar-refractivity contribution in [3.05, 3.63) is 28.9 Å². The van der Waals surface area contributed by atoms with Crippen LogP contribution in [-0.2, 0) is 16.1 Å². The summed E-state index contributed by atoms with van der Waals surface area (Å²) in [5, 5.41) is 4.23. The number of fused-ring (bicyclic) bond motifs is 1. The molecule has 0 saturated carbocycles. The molecule has 0 aliphatic rings. The van der Waals surface area contributed by atoms with E-state index in [2.05, 4.69) is 20.3 Å². The van der Waals surface area contributed by atoms with Crippen molar-refractivity contribution < 1.29 is 9.53 Å². The fourth-order valence-electron chi connectivity index (χ4n) is 2.24. The normalized spacial score (nSPS) is 11.2. The predicted molar refractivity (Wildman–Crippen MR) is 100 cm³/mol. The van der Waals surface area contributed by atoms with Gasteiger partial charge < -0.3 is 14.6 Å². The molecule has 0 aromatic carbocycles. The molecule has 0 aliphatic heterocycles. The second-order valence-electron chi connectivity index (χ2n) is 5.38. The third-order valence-electron chi connectivity index (χ3n) is 3.60. The van der Waals surface area contributed by atoms with E-state index in [1.165, 1.54) is 23.1 Å². The van der Waals surface area contributed by atoms with Crippen LogP contribution in [0.3, 0.4) is 0 Å². The molecule has 0 unspecified atom stereocenters. The Hall–Kier alpha value is -1.97. The molecule has 0 spiro atoms. The van der Waals surface area contributed by atoms with E-state index in [1.54, 1.807) is 13.3 Å². The largest absolute Gasteiger partial charge is 0.383 e. The highest BCUT2D eigenvalue weighted by Crippen LogP contribution is 2.24. The van der Waals surface area contributed by atoms with E-state index in [0.717, 1.165) is 26.9 Å². The maximum Gasteiger partial charge on any atom is 0.236 e. The van der Waals surface area contributed by atoms with Gasteiger partial charge >= 0.3 is 0 Å². The molecule has 3 heterocycles. The first-order valence-corrected chi connectivity index (χ1v) is 9.55. The molecule has 0 radical (unpaired) electrons. The van der Waals surface area contributed by atoms with Crippen LogP contribution in [0.25, 0.3) is 11.2 Å². The zero-order valence-electron chi connectivity index (χ0n) is 14.3. The van der Waals surface area contributed by atoms with E-state index in [-0.39, 0.29) is 11.7 Å². The number of hydrogen-bond donors (Lipinski definition) is 1. The van der Waals surface area contributed by atoms with Gasteiger partial charge in [-0.25, -0.2) is 15.0 Å². The molecule has 1 amide bonds. The van der Waals surface area contributed by atoms with E-state index in [0.29, 0.717) is 18.3 Å². The maximum absolute atomic E-state index is 12.2. The van der Waals surface area contributed by atoms with Crippen molar-refractivity contribution in [1.29, 1.82) is 0 Å². The lowest BCUT2D eigenvalue weighted by molar-refractivity contribution is -0.113. The van der Waals surface area contributed by atoms with Gasteiger partial charge in [0.2, 0.25) is 5.91 Å². The molecule has 25 heavy (non-hydrogen) atoms. The number of imidazole rings is 1. The van der Waals surface area contributed by atoms with Crippen molar-refractivity contribution in [2.45, 2.75) is 25.5 Å². The number of methoxy groups -OCH3 is 1. The van der Waals surface area contributed by atoms with Crippen molar-refractivity contribution >= 4 is 45.3 Å². The van der Waals surface area contributed by atoms with Crippen molar-refractivity contribution in [2.75, 3.05) is 24.8 Å². The number of pyridine rings is 1. The Morgan fingerprint density at radius 3 is 2.96 bits per heavy atom. The van der Waals surface area contributed by atoms with Crippen molar-refractivity contribution in [3.63, 3.8) is 0 Å². The minimum Gasteiger partial charge on any atom is -0.383 e. The van der Waals surface area contributed by atoms with Crippen LogP contribution in [0.1, 0.15) is 10.6 Å². The summed E-state index contributed by atoms with van der Waals surface area (Å²) in [6.45, 7) is 5.11. The van der Waals surface area contributed by atoms with Gasteiger partial charge in [-0.1, -0.05) is 11.8 Å². The number of nitrogens with one attached hydrogen (secondary N) is 1. The summed E-state index contributed by atoms with van der Waals surface area (Å²) in [6.07, 6.45) is 1.74. The summed E-state index contributed by atoms with van der Waals surface area (Å²) in [5.74, 6) is 0.158. The van der Waals surface area contributed by atoms with Gasteiger partial charge in [-0.05, 0) is 26.0 Å². The van der Waals surface area contributed by atoms with Crippen molar-refractivity contribution in [1.82, 2.24) is 19.5 Å². The summed E-state index contributed by atoms with van der Waals surface area (Å²) in [4.78, 5) is 26.6. The average molecular weight is 377 g/mol. The monoisotopic (exact) mass is 377 g/mol. The highest BCUT2D eigenvalue weighted by Gasteiger charge is 2.14. The highest BCUT2D eigenvalue weighted by atomic mass is 32.2. The van der Waals surface area contributed by atoms with Crippen LogP contribution in [0.15, 0.2) is 23.5 Å². The molecule has 1 N–H and O–H groups in total. The molecule has 3 aromatic rings. The Morgan fingerprint density at radius 1 is 1.40 bits per heavy atom.